The molecule has 0 aliphatic carbocycles. The van der Waals surface area contributed by atoms with Crippen molar-refractivity contribution in [3.05, 3.63) is 22.0 Å². The molecule has 0 unspecified atom stereocenters. The van der Waals surface area contributed by atoms with Gasteiger partial charge in [0.2, 0.25) is 5.88 Å². The molecular formula is C7H5IN4O2. The second-order valence-electron chi connectivity index (χ2n) is 2.46. The minimum atomic E-state index is -0.886. The van der Waals surface area contributed by atoms with Crippen LogP contribution in [0, 0.1) is 3.70 Å². The van der Waals surface area contributed by atoms with Gasteiger partial charge in [-0.05, 0) is 34.7 Å². The smallest absolute Gasteiger partial charge is 0.390 e. The zero-order valence-corrected chi connectivity index (χ0v) is 9.00. The lowest BCUT2D eigenvalue weighted by atomic mass is 10.6. The van der Waals surface area contributed by atoms with Crippen LogP contribution in [0.25, 0.3) is 5.65 Å². The van der Waals surface area contributed by atoms with E-state index in [0.29, 0.717) is 5.65 Å². The first-order chi connectivity index (χ1) is 6.65. The lowest BCUT2D eigenvalue weighted by Gasteiger charge is -1.90. The van der Waals surface area contributed by atoms with Crippen LogP contribution in [0.1, 0.15) is 0 Å². The molecule has 72 valence electrons. The van der Waals surface area contributed by atoms with Crippen molar-refractivity contribution in [3.63, 3.8) is 0 Å². The molecule has 7 heteroatoms. The van der Waals surface area contributed by atoms with Gasteiger partial charge >= 0.3 is 6.09 Å². The summed E-state index contributed by atoms with van der Waals surface area (Å²) in [5.41, 5.74) is 5.44. The van der Waals surface area contributed by atoms with E-state index >= 15 is 0 Å². The van der Waals surface area contributed by atoms with Crippen molar-refractivity contribution in [3.8, 4) is 5.88 Å². The van der Waals surface area contributed by atoms with Gasteiger partial charge in [-0.25, -0.2) is 9.31 Å². The van der Waals surface area contributed by atoms with Crippen LogP contribution in [0.2, 0.25) is 0 Å². The quantitative estimate of drug-likeness (QED) is 0.790. The number of carbonyl (C=O) groups excluding carboxylic acids is 1. The largest absolute Gasteiger partial charge is 0.411 e. The minimum Gasteiger partial charge on any atom is -0.390 e. The van der Waals surface area contributed by atoms with Gasteiger partial charge in [-0.15, -0.1) is 0 Å². The molecule has 6 nitrogen and oxygen atoms in total. The lowest BCUT2D eigenvalue weighted by Crippen LogP contribution is -2.16. The molecule has 2 rings (SSSR count). The highest BCUT2D eigenvalue weighted by molar-refractivity contribution is 14.1. The standard InChI is InChI=1S/C7H5IN4O2/c8-4-1-2-5-10-6(14-7(9)13)3-12(5)11-4/h1-3H,(H2,9,13). The van der Waals surface area contributed by atoms with E-state index in [0.717, 1.165) is 3.70 Å². The van der Waals surface area contributed by atoms with Gasteiger partial charge < -0.3 is 10.5 Å². The van der Waals surface area contributed by atoms with Crippen LogP contribution in [0.4, 0.5) is 4.79 Å². The number of nitrogens with zero attached hydrogens (tertiary/aromatic N) is 3. The highest BCUT2D eigenvalue weighted by Crippen LogP contribution is 2.11. The number of amides is 1. The molecule has 0 saturated heterocycles. The second-order valence-corrected chi connectivity index (χ2v) is 3.56. The van der Waals surface area contributed by atoms with Crippen molar-refractivity contribution in [2.24, 2.45) is 5.73 Å². The predicted molar refractivity (Wildman–Crippen MR) is 55.9 cm³/mol. The molecule has 0 bridgehead atoms. The normalized spacial score (nSPS) is 10.4. The van der Waals surface area contributed by atoms with E-state index in [1.54, 1.807) is 12.1 Å². The SMILES string of the molecule is NC(=O)Oc1cn2nc(I)ccc2n1. The third-order valence-corrected chi connectivity index (χ3v) is 2.05. The summed E-state index contributed by atoms with van der Waals surface area (Å²) in [5.74, 6) is 0.145. The molecular weight excluding hydrogens is 299 g/mol. The summed E-state index contributed by atoms with van der Waals surface area (Å²) in [4.78, 5) is 14.4. The molecule has 2 aromatic rings. The van der Waals surface area contributed by atoms with Gasteiger partial charge in [-0.1, -0.05) is 0 Å². The van der Waals surface area contributed by atoms with Gasteiger partial charge in [0.15, 0.2) is 5.65 Å². The van der Waals surface area contributed by atoms with E-state index in [2.05, 4.69) is 37.4 Å². The average Bonchev–Trinajstić information content (AvgIpc) is 2.44. The maximum absolute atomic E-state index is 10.4. The first-order valence-electron chi connectivity index (χ1n) is 3.64. The second kappa shape index (κ2) is 3.40. The Morgan fingerprint density at radius 3 is 3.07 bits per heavy atom. The molecule has 0 aliphatic heterocycles. The van der Waals surface area contributed by atoms with Crippen LogP contribution in [0.15, 0.2) is 18.3 Å². The van der Waals surface area contributed by atoms with Crippen LogP contribution < -0.4 is 10.5 Å². The lowest BCUT2D eigenvalue weighted by molar-refractivity contribution is 0.209. The van der Waals surface area contributed by atoms with Gasteiger partial charge in [0.1, 0.15) is 3.70 Å². The Labute approximate surface area is 92.2 Å². The number of hydrogen-bond acceptors (Lipinski definition) is 4. The highest BCUT2D eigenvalue weighted by Gasteiger charge is 2.05. The number of imidazole rings is 1. The molecule has 0 spiro atoms. The van der Waals surface area contributed by atoms with Gasteiger partial charge in [0.05, 0.1) is 6.20 Å². The third-order valence-electron chi connectivity index (χ3n) is 1.47. The molecule has 2 heterocycles. The van der Waals surface area contributed by atoms with E-state index in [9.17, 15) is 4.79 Å². The van der Waals surface area contributed by atoms with Crippen molar-refractivity contribution in [2.75, 3.05) is 0 Å². The Hall–Kier alpha value is -1.38. The number of fused-ring (bicyclic) bond motifs is 1. The number of hydrogen-bond donors (Lipinski definition) is 1. The molecule has 0 radical (unpaired) electrons. The number of primary amides is 1. The van der Waals surface area contributed by atoms with Crippen molar-refractivity contribution in [1.82, 2.24) is 14.6 Å². The van der Waals surface area contributed by atoms with Gasteiger partial charge in [0.25, 0.3) is 0 Å². The fourth-order valence-corrected chi connectivity index (χ4v) is 1.40. The molecule has 0 fully saturated rings. The molecule has 0 atom stereocenters. The summed E-state index contributed by atoms with van der Waals surface area (Å²) < 4.78 is 6.94. The molecule has 2 aromatic heterocycles. The number of carbonyl (C=O) groups is 1. The van der Waals surface area contributed by atoms with Crippen molar-refractivity contribution >= 4 is 34.3 Å². The van der Waals surface area contributed by atoms with Crippen LogP contribution >= 0.6 is 22.6 Å². The zero-order valence-electron chi connectivity index (χ0n) is 6.85. The van der Waals surface area contributed by atoms with E-state index < -0.39 is 6.09 Å². The average molecular weight is 304 g/mol. The van der Waals surface area contributed by atoms with Crippen molar-refractivity contribution in [1.29, 1.82) is 0 Å². The summed E-state index contributed by atoms with van der Waals surface area (Å²) in [6.45, 7) is 0. The Kier molecular flexibility index (Phi) is 2.23. The number of halogens is 1. The van der Waals surface area contributed by atoms with Gasteiger partial charge in [-0.3, -0.25) is 0 Å². The van der Waals surface area contributed by atoms with Crippen LogP contribution in [0.5, 0.6) is 5.88 Å². The molecule has 1 amide bonds. The Morgan fingerprint density at radius 1 is 1.57 bits per heavy atom. The first-order valence-corrected chi connectivity index (χ1v) is 4.72. The maximum atomic E-state index is 10.4. The minimum absolute atomic E-state index is 0.145. The summed E-state index contributed by atoms with van der Waals surface area (Å²) in [6, 6.07) is 3.57. The van der Waals surface area contributed by atoms with Crippen LogP contribution in [0.3, 0.4) is 0 Å². The monoisotopic (exact) mass is 304 g/mol. The number of nitrogens with two attached hydrogens (primary N) is 1. The predicted octanol–water partition coefficient (Wildman–Crippen LogP) is 0.791. The third kappa shape index (κ3) is 1.76. The topological polar surface area (TPSA) is 82.5 Å². The highest BCUT2D eigenvalue weighted by atomic mass is 127. The van der Waals surface area contributed by atoms with Crippen molar-refractivity contribution in [2.45, 2.75) is 0 Å². The van der Waals surface area contributed by atoms with Crippen LogP contribution in [-0.2, 0) is 0 Å². The maximum Gasteiger partial charge on any atom is 0.411 e. The fourth-order valence-electron chi connectivity index (χ4n) is 0.989. The summed E-state index contributed by atoms with van der Waals surface area (Å²) in [7, 11) is 0. The van der Waals surface area contributed by atoms with Crippen molar-refractivity contribution < 1.29 is 9.53 Å². The van der Waals surface area contributed by atoms with Gasteiger partial charge in [0, 0.05) is 0 Å². The number of aromatic nitrogens is 3. The molecule has 0 aromatic carbocycles. The summed E-state index contributed by atoms with van der Waals surface area (Å²) in [5, 5.41) is 4.11. The molecule has 14 heavy (non-hydrogen) atoms. The van der Waals surface area contributed by atoms with E-state index in [4.69, 9.17) is 5.73 Å². The molecule has 0 aliphatic rings. The molecule has 0 saturated carbocycles. The van der Waals surface area contributed by atoms with E-state index in [-0.39, 0.29) is 5.88 Å². The fraction of sp³-hybridized carbons (Fsp3) is 0. The Balaban J connectivity index is 2.46. The first kappa shape index (κ1) is 9.19. The summed E-state index contributed by atoms with van der Waals surface area (Å²) >= 11 is 2.07. The van der Waals surface area contributed by atoms with Crippen LogP contribution in [-0.4, -0.2) is 20.7 Å². The van der Waals surface area contributed by atoms with Gasteiger partial charge in [-0.2, -0.15) is 10.1 Å². The van der Waals surface area contributed by atoms with E-state index in [1.165, 1.54) is 10.7 Å². The number of rotatable bonds is 1. The Morgan fingerprint density at radius 2 is 2.36 bits per heavy atom. The molecule has 2 N–H and O–H groups in total. The number of ether oxygens (including phenoxy) is 1. The zero-order chi connectivity index (χ0) is 10.1. The summed E-state index contributed by atoms with van der Waals surface area (Å²) in [6.07, 6.45) is 0.602. The Bertz CT molecular complexity index is 495. The van der Waals surface area contributed by atoms with E-state index in [1.807, 2.05) is 0 Å².